The van der Waals surface area contributed by atoms with Gasteiger partial charge in [0.15, 0.2) is 6.61 Å². The fourth-order valence-corrected chi connectivity index (χ4v) is 2.86. The van der Waals surface area contributed by atoms with Gasteiger partial charge in [-0.05, 0) is 50.2 Å². The number of esters is 1. The molecule has 0 radical (unpaired) electrons. The Labute approximate surface area is 174 Å². The van der Waals surface area contributed by atoms with E-state index >= 15 is 0 Å². The first-order valence-corrected chi connectivity index (χ1v) is 10.2. The Morgan fingerprint density at radius 3 is 2.07 bits per heavy atom. The third-order valence-electron chi connectivity index (χ3n) is 3.60. The molecule has 154 valence electrons. The van der Waals surface area contributed by atoms with Crippen molar-refractivity contribution in [1.29, 1.82) is 0 Å². The van der Waals surface area contributed by atoms with Crippen LogP contribution in [0.3, 0.4) is 0 Å². The molecule has 0 atom stereocenters. The van der Waals surface area contributed by atoms with E-state index in [1.54, 1.807) is 24.3 Å². The number of thioether (sulfide) groups is 1. The van der Waals surface area contributed by atoms with Crippen molar-refractivity contribution in [2.45, 2.75) is 13.8 Å². The number of carbonyl (C=O) groups is 3. The zero-order valence-corrected chi connectivity index (χ0v) is 17.2. The molecule has 0 saturated heterocycles. The van der Waals surface area contributed by atoms with Gasteiger partial charge in [0.25, 0.3) is 5.91 Å². The van der Waals surface area contributed by atoms with E-state index in [0.717, 1.165) is 17.3 Å². The molecule has 2 amide bonds. The van der Waals surface area contributed by atoms with Crippen LogP contribution in [-0.4, -0.2) is 42.5 Å². The first kappa shape index (κ1) is 22.3. The largest absolute Gasteiger partial charge is 0.494 e. The van der Waals surface area contributed by atoms with Gasteiger partial charge >= 0.3 is 5.97 Å². The Bertz CT molecular complexity index is 822. The fraction of sp³-hybridized carbons (Fsp3) is 0.286. The van der Waals surface area contributed by atoms with Crippen LogP contribution in [0.5, 0.6) is 5.75 Å². The monoisotopic (exact) mass is 416 g/mol. The first-order valence-electron chi connectivity index (χ1n) is 9.09. The highest BCUT2D eigenvalue weighted by Gasteiger charge is 2.10. The number of hydrogen-bond acceptors (Lipinski definition) is 6. The van der Waals surface area contributed by atoms with Crippen LogP contribution in [0.1, 0.15) is 12.5 Å². The van der Waals surface area contributed by atoms with Crippen molar-refractivity contribution in [3.05, 3.63) is 54.1 Å². The zero-order chi connectivity index (χ0) is 21.1. The average molecular weight is 416 g/mol. The summed E-state index contributed by atoms with van der Waals surface area (Å²) in [7, 11) is 0. The number of ether oxygens (including phenoxy) is 2. The van der Waals surface area contributed by atoms with E-state index in [2.05, 4.69) is 10.6 Å². The molecule has 0 fully saturated rings. The van der Waals surface area contributed by atoms with Crippen molar-refractivity contribution in [2.24, 2.45) is 0 Å². The summed E-state index contributed by atoms with van der Waals surface area (Å²) in [5, 5.41) is 5.38. The number of aryl methyl sites for hydroxylation is 1. The fourth-order valence-electron chi connectivity index (χ4n) is 2.25. The lowest BCUT2D eigenvalue weighted by Gasteiger charge is -2.08. The summed E-state index contributed by atoms with van der Waals surface area (Å²) in [6, 6.07) is 14.3. The Hall–Kier alpha value is -3.00. The number of anilines is 2. The minimum Gasteiger partial charge on any atom is -0.494 e. The van der Waals surface area contributed by atoms with Crippen LogP contribution in [0.2, 0.25) is 0 Å². The van der Waals surface area contributed by atoms with Crippen LogP contribution in [-0.2, 0) is 19.1 Å². The second kappa shape index (κ2) is 11.8. The van der Waals surface area contributed by atoms with Crippen LogP contribution in [0, 0.1) is 6.92 Å². The predicted molar refractivity (Wildman–Crippen MR) is 114 cm³/mol. The van der Waals surface area contributed by atoms with Gasteiger partial charge in [-0.25, -0.2) is 0 Å². The molecule has 7 nitrogen and oxygen atoms in total. The lowest BCUT2D eigenvalue weighted by atomic mass is 10.2. The molecule has 0 aliphatic carbocycles. The Morgan fingerprint density at radius 2 is 1.45 bits per heavy atom. The van der Waals surface area contributed by atoms with E-state index < -0.39 is 11.9 Å². The summed E-state index contributed by atoms with van der Waals surface area (Å²) in [6.07, 6.45) is 0. The molecular weight excluding hydrogens is 392 g/mol. The summed E-state index contributed by atoms with van der Waals surface area (Å²) < 4.78 is 10.2. The van der Waals surface area contributed by atoms with E-state index in [0.29, 0.717) is 23.7 Å². The third kappa shape index (κ3) is 8.69. The van der Waals surface area contributed by atoms with Gasteiger partial charge in [0.1, 0.15) is 5.75 Å². The van der Waals surface area contributed by atoms with Crippen LogP contribution < -0.4 is 15.4 Å². The highest BCUT2D eigenvalue weighted by Crippen LogP contribution is 2.15. The smallest absolute Gasteiger partial charge is 0.316 e. The van der Waals surface area contributed by atoms with E-state index in [4.69, 9.17) is 9.47 Å². The molecule has 2 aromatic rings. The van der Waals surface area contributed by atoms with Crippen molar-refractivity contribution >= 4 is 40.9 Å². The zero-order valence-electron chi connectivity index (χ0n) is 16.4. The molecule has 29 heavy (non-hydrogen) atoms. The van der Waals surface area contributed by atoms with Gasteiger partial charge in [-0.15, -0.1) is 11.8 Å². The second-order valence-corrected chi connectivity index (χ2v) is 7.06. The van der Waals surface area contributed by atoms with Crippen LogP contribution in [0.15, 0.2) is 48.5 Å². The van der Waals surface area contributed by atoms with Gasteiger partial charge < -0.3 is 20.1 Å². The van der Waals surface area contributed by atoms with Gasteiger partial charge in [-0.3, -0.25) is 14.4 Å². The lowest BCUT2D eigenvalue weighted by Crippen LogP contribution is -2.22. The van der Waals surface area contributed by atoms with Gasteiger partial charge in [0, 0.05) is 11.4 Å². The van der Waals surface area contributed by atoms with Crippen molar-refractivity contribution in [2.75, 3.05) is 35.4 Å². The number of benzene rings is 2. The Morgan fingerprint density at radius 1 is 0.862 bits per heavy atom. The summed E-state index contributed by atoms with van der Waals surface area (Å²) in [6.45, 7) is 4.03. The number of amides is 2. The van der Waals surface area contributed by atoms with Crippen LogP contribution >= 0.6 is 11.8 Å². The van der Waals surface area contributed by atoms with E-state index in [1.165, 1.54) is 0 Å². The molecule has 2 N–H and O–H groups in total. The van der Waals surface area contributed by atoms with Gasteiger partial charge in [-0.2, -0.15) is 0 Å². The van der Waals surface area contributed by atoms with Crippen molar-refractivity contribution in [3.8, 4) is 5.75 Å². The molecule has 0 aliphatic heterocycles. The highest BCUT2D eigenvalue weighted by molar-refractivity contribution is 8.00. The molecule has 2 rings (SSSR count). The molecule has 0 spiro atoms. The maximum atomic E-state index is 11.9. The van der Waals surface area contributed by atoms with Crippen molar-refractivity contribution < 1.29 is 23.9 Å². The molecule has 0 heterocycles. The van der Waals surface area contributed by atoms with Gasteiger partial charge in [-0.1, -0.05) is 17.7 Å². The molecular formula is C21H24N2O5S. The number of nitrogens with one attached hydrogen (secondary N) is 2. The van der Waals surface area contributed by atoms with Gasteiger partial charge in [0.2, 0.25) is 5.91 Å². The molecule has 2 aromatic carbocycles. The summed E-state index contributed by atoms with van der Waals surface area (Å²) in [4.78, 5) is 35.4. The lowest BCUT2D eigenvalue weighted by molar-refractivity contribution is -0.144. The van der Waals surface area contributed by atoms with Crippen LogP contribution in [0.25, 0.3) is 0 Å². The van der Waals surface area contributed by atoms with Crippen molar-refractivity contribution in [3.63, 3.8) is 0 Å². The Kier molecular flexibility index (Phi) is 9.04. The minimum atomic E-state index is -0.556. The van der Waals surface area contributed by atoms with E-state index in [9.17, 15) is 14.4 Å². The number of hydrogen-bond donors (Lipinski definition) is 2. The third-order valence-corrected chi connectivity index (χ3v) is 4.51. The molecule has 0 aromatic heterocycles. The molecule has 0 unspecified atom stereocenters. The van der Waals surface area contributed by atoms with E-state index in [-0.39, 0.29) is 24.0 Å². The SMILES string of the molecule is CCOc1ccc(NC(=O)COC(=O)CSCC(=O)Nc2ccc(C)cc2)cc1. The quantitative estimate of drug-likeness (QED) is 0.578. The van der Waals surface area contributed by atoms with Crippen molar-refractivity contribution in [1.82, 2.24) is 0 Å². The molecule has 0 bridgehead atoms. The predicted octanol–water partition coefficient (Wildman–Crippen LogP) is 3.25. The summed E-state index contributed by atoms with van der Waals surface area (Å²) in [5.74, 6) is -0.399. The molecule has 0 aliphatic rings. The number of rotatable bonds is 10. The highest BCUT2D eigenvalue weighted by atomic mass is 32.2. The average Bonchev–Trinajstić information content (AvgIpc) is 2.70. The Balaban J connectivity index is 1.61. The minimum absolute atomic E-state index is 0.0162. The number of carbonyl (C=O) groups excluding carboxylic acids is 3. The van der Waals surface area contributed by atoms with Gasteiger partial charge in [0.05, 0.1) is 18.1 Å². The molecule has 0 saturated carbocycles. The van der Waals surface area contributed by atoms with E-state index in [1.807, 2.05) is 38.1 Å². The summed E-state index contributed by atoms with van der Waals surface area (Å²) >= 11 is 1.12. The van der Waals surface area contributed by atoms with Crippen LogP contribution in [0.4, 0.5) is 11.4 Å². The first-order chi connectivity index (χ1) is 14.0. The standard InChI is InChI=1S/C21H24N2O5S/c1-3-27-18-10-8-17(9-11-18)22-19(24)12-28-21(26)14-29-13-20(25)23-16-6-4-15(2)5-7-16/h4-11H,3,12-14H2,1-2H3,(H,22,24)(H,23,25). The maximum absolute atomic E-state index is 11.9. The molecule has 8 heteroatoms. The normalized spacial score (nSPS) is 10.1. The maximum Gasteiger partial charge on any atom is 0.316 e. The second-order valence-electron chi connectivity index (χ2n) is 6.07. The summed E-state index contributed by atoms with van der Waals surface area (Å²) in [5.41, 5.74) is 2.39. The topological polar surface area (TPSA) is 93.7 Å².